The van der Waals surface area contributed by atoms with Gasteiger partial charge in [0.25, 0.3) is 0 Å². The van der Waals surface area contributed by atoms with Gasteiger partial charge in [0.1, 0.15) is 11.9 Å². The first-order chi connectivity index (χ1) is 11.4. The molecule has 0 unspecified atom stereocenters. The van der Waals surface area contributed by atoms with Crippen molar-refractivity contribution in [1.82, 2.24) is 14.6 Å². The van der Waals surface area contributed by atoms with E-state index in [9.17, 15) is 9.90 Å². The van der Waals surface area contributed by atoms with Crippen LogP contribution in [0.25, 0.3) is 5.65 Å². The number of hydrogen-bond donors (Lipinski definition) is 2. The average Bonchev–Trinajstić information content (AvgIpc) is 2.93. The van der Waals surface area contributed by atoms with Gasteiger partial charge in [0.05, 0.1) is 18.2 Å². The van der Waals surface area contributed by atoms with Crippen LogP contribution in [0.2, 0.25) is 0 Å². The highest BCUT2D eigenvalue weighted by molar-refractivity contribution is 5.91. The van der Waals surface area contributed by atoms with Crippen LogP contribution in [0.15, 0.2) is 42.6 Å². The maximum atomic E-state index is 11.9. The number of hydrogen-bond acceptors (Lipinski definition) is 5. The summed E-state index contributed by atoms with van der Waals surface area (Å²) in [7, 11) is 0. The molecule has 2 aromatic heterocycles. The Morgan fingerprint density at radius 2 is 2.21 bits per heavy atom. The monoisotopic (exact) mass is 325 g/mol. The van der Waals surface area contributed by atoms with Crippen molar-refractivity contribution < 1.29 is 14.6 Å². The molecule has 1 radical (unpaired) electrons. The van der Waals surface area contributed by atoms with Crippen molar-refractivity contribution in [3.05, 3.63) is 48.8 Å². The Kier molecular flexibility index (Phi) is 4.18. The van der Waals surface area contributed by atoms with Crippen molar-refractivity contribution in [3.8, 4) is 11.6 Å². The van der Waals surface area contributed by atoms with Crippen molar-refractivity contribution in [2.24, 2.45) is 0 Å². The van der Waals surface area contributed by atoms with Gasteiger partial charge >= 0.3 is 0 Å². The molecule has 0 fully saturated rings. The number of rotatable bonds is 5. The number of ether oxygens (including phenoxy) is 1. The zero-order chi connectivity index (χ0) is 17.2. The Balaban J connectivity index is 1.71. The van der Waals surface area contributed by atoms with Crippen LogP contribution in [0.4, 0.5) is 5.69 Å². The molecule has 0 spiro atoms. The Hall–Kier alpha value is -2.93. The van der Waals surface area contributed by atoms with E-state index in [1.807, 2.05) is 0 Å². The normalized spacial score (nSPS) is 11.5. The van der Waals surface area contributed by atoms with Gasteiger partial charge in [0, 0.05) is 17.8 Å². The van der Waals surface area contributed by atoms with E-state index in [4.69, 9.17) is 4.74 Å². The molecule has 0 aliphatic heterocycles. The zero-order valence-corrected chi connectivity index (χ0v) is 13.4. The van der Waals surface area contributed by atoms with Crippen LogP contribution < -0.4 is 10.1 Å². The van der Waals surface area contributed by atoms with E-state index in [1.165, 1.54) is 0 Å². The summed E-state index contributed by atoms with van der Waals surface area (Å²) in [5.74, 6) is 0.661. The second-order valence-corrected chi connectivity index (χ2v) is 6.01. The molecule has 2 N–H and O–H groups in total. The number of nitrogens with one attached hydrogen (secondary N) is 1. The first kappa shape index (κ1) is 15.9. The molecule has 2 heterocycles. The van der Waals surface area contributed by atoms with Crippen LogP contribution in [0.5, 0.6) is 11.6 Å². The maximum Gasteiger partial charge on any atom is 0.237 e. The molecule has 1 amide bonds. The second kappa shape index (κ2) is 6.29. The van der Waals surface area contributed by atoms with Gasteiger partial charge in [0.15, 0.2) is 5.65 Å². The SMILES string of the molecule is CC(C)(O)CC(=O)Nc1cccc(Oc2ccc3n[c]cn3n2)c1. The second-order valence-electron chi connectivity index (χ2n) is 6.01. The van der Waals surface area contributed by atoms with Crippen molar-refractivity contribution in [3.63, 3.8) is 0 Å². The maximum absolute atomic E-state index is 11.9. The molecular formula is C17H17N4O3. The minimum atomic E-state index is -1.06. The summed E-state index contributed by atoms with van der Waals surface area (Å²) in [6.45, 7) is 3.17. The summed E-state index contributed by atoms with van der Waals surface area (Å²) >= 11 is 0. The molecule has 7 heteroatoms. The molecule has 7 nitrogen and oxygen atoms in total. The number of nitrogens with zero attached hydrogens (tertiary/aromatic N) is 3. The number of imidazole rings is 1. The molecule has 3 rings (SSSR count). The van der Waals surface area contributed by atoms with E-state index in [0.29, 0.717) is 23.0 Å². The minimum absolute atomic E-state index is 0.00738. The summed E-state index contributed by atoms with van der Waals surface area (Å²) < 4.78 is 7.26. The molecule has 123 valence electrons. The first-order valence-electron chi connectivity index (χ1n) is 7.42. The zero-order valence-electron chi connectivity index (χ0n) is 13.4. The lowest BCUT2D eigenvalue weighted by atomic mass is 10.1. The average molecular weight is 325 g/mol. The van der Waals surface area contributed by atoms with Crippen molar-refractivity contribution in [2.45, 2.75) is 25.9 Å². The fraction of sp³-hybridized carbons (Fsp3) is 0.235. The van der Waals surface area contributed by atoms with Crippen LogP contribution in [0.1, 0.15) is 20.3 Å². The van der Waals surface area contributed by atoms with E-state index >= 15 is 0 Å². The fourth-order valence-electron chi connectivity index (χ4n) is 2.16. The van der Waals surface area contributed by atoms with Gasteiger partial charge < -0.3 is 15.2 Å². The molecule has 1 aromatic carbocycles. The van der Waals surface area contributed by atoms with Crippen LogP contribution in [0, 0.1) is 6.20 Å². The van der Waals surface area contributed by atoms with Crippen molar-refractivity contribution in [1.29, 1.82) is 0 Å². The Bertz CT molecular complexity index is 867. The number of aromatic nitrogens is 3. The lowest BCUT2D eigenvalue weighted by Crippen LogP contribution is -2.27. The summed E-state index contributed by atoms with van der Waals surface area (Å²) in [6, 6.07) is 10.4. The molecule has 0 atom stereocenters. The Morgan fingerprint density at radius 1 is 1.38 bits per heavy atom. The van der Waals surface area contributed by atoms with Gasteiger partial charge in [-0.1, -0.05) is 6.07 Å². The van der Waals surface area contributed by atoms with Gasteiger partial charge in [-0.15, -0.1) is 5.10 Å². The largest absolute Gasteiger partial charge is 0.438 e. The first-order valence-corrected chi connectivity index (χ1v) is 7.42. The summed E-state index contributed by atoms with van der Waals surface area (Å²) in [5.41, 5.74) is 0.202. The third-order valence-electron chi connectivity index (χ3n) is 3.11. The van der Waals surface area contributed by atoms with E-state index in [2.05, 4.69) is 21.6 Å². The van der Waals surface area contributed by atoms with Crippen LogP contribution in [-0.2, 0) is 4.79 Å². The highest BCUT2D eigenvalue weighted by atomic mass is 16.5. The van der Waals surface area contributed by atoms with Gasteiger partial charge in [-0.3, -0.25) is 4.79 Å². The molecule has 3 aromatic rings. The Labute approximate surface area is 138 Å². The topological polar surface area (TPSA) is 88.8 Å². The van der Waals surface area contributed by atoms with Gasteiger partial charge in [-0.25, -0.2) is 9.50 Å². The lowest BCUT2D eigenvalue weighted by Gasteiger charge is -2.16. The molecule has 0 aliphatic carbocycles. The third-order valence-corrected chi connectivity index (χ3v) is 3.11. The van der Waals surface area contributed by atoms with Crippen molar-refractivity contribution >= 4 is 17.2 Å². The van der Waals surface area contributed by atoms with Gasteiger partial charge in [0.2, 0.25) is 11.8 Å². The third kappa shape index (κ3) is 4.08. The molecule has 0 saturated carbocycles. The van der Waals surface area contributed by atoms with Crippen LogP contribution >= 0.6 is 0 Å². The molecule has 0 aliphatic rings. The number of benzene rings is 1. The number of aliphatic hydroxyl groups is 1. The smallest absolute Gasteiger partial charge is 0.237 e. The predicted molar refractivity (Wildman–Crippen MR) is 87.9 cm³/mol. The predicted octanol–water partition coefficient (Wildman–Crippen LogP) is 2.42. The fourth-order valence-corrected chi connectivity index (χ4v) is 2.16. The minimum Gasteiger partial charge on any atom is -0.438 e. The number of carbonyl (C=O) groups is 1. The number of amides is 1. The van der Waals surface area contributed by atoms with Gasteiger partial charge in [-0.05, 0) is 32.0 Å². The highest BCUT2D eigenvalue weighted by Crippen LogP contribution is 2.23. The number of fused-ring (bicyclic) bond motifs is 1. The summed E-state index contributed by atoms with van der Waals surface area (Å²) in [5, 5.41) is 16.7. The quantitative estimate of drug-likeness (QED) is 0.752. The molecule has 0 saturated heterocycles. The van der Waals surface area contributed by atoms with Crippen molar-refractivity contribution in [2.75, 3.05) is 5.32 Å². The van der Waals surface area contributed by atoms with Gasteiger partial charge in [-0.2, -0.15) is 0 Å². The van der Waals surface area contributed by atoms with E-state index < -0.39 is 5.60 Å². The standard InChI is InChI=1S/C17H17N4O3/c1-17(2,23)11-15(22)19-12-4-3-5-13(10-12)24-16-7-6-14-18-8-9-21(14)20-16/h3-7,9-10,23H,11H2,1-2H3,(H,19,22). The van der Waals surface area contributed by atoms with E-state index in [1.54, 1.807) is 61.0 Å². The highest BCUT2D eigenvalue weighted by Gasteiger charge is 2.18. The van der Waals surface area contributed by atoms with E-state index in [-0.39, 0.29) is 12.3 Å². The number of carbonyl (C=O) groups excluding carboxylic acids is 1. The molecular weight excluding hydrogens is 308 g/mol. The molecule has 24 heavy (non-hydrogen) atoms. The number of anilines is 1. The Morgan fingerprint density at radius 3 is 3.00 bits per heavy atom. The lowest BCUT2D eigenvalue weighted by molar-refractivity contribution is -0.119. The summed E-state index contributed by atoms with van der Waals surface area (Å²) in [6.07, 6.45) is 4.32. The molecule has 0 bridgehead atoms. The van der Waals surface area contributed by atoms with E-state index in [0.717, 1.165) is 0 Å². The van der Waals surface area contributed by atoms with Crippen LogP contribution in [-0.4, -0.2) is 31.2 Å². The van der Waals surface area contributed by atoms with Crippen LogP contribution in [0.3, 0.4) is 0 Å². The summed E-state index contributed by atoms with van der Waals surface area (Å²) in [4.78, 5) is 15.9.